The maximum absolute atomic E-state index is 6.31. The molecule has 0 radical (unpaired) electrons. The zero-order chi connectivity index (χ0) is 11.5. The lowest BCUT2D eigenvalue weighted by Gasteiger charge is -2.28. The fraction of sp³-hybridized carbons (Fsp3) is 0.667. The van der Waals surface area contributed by atoms with Gasteiger partial charge in [-0.3, -0.25) is 4.98 Å². The van der Waals surface area contributed by atoms with Crippen LogP contribution in [0.3, 0.4) is 0 Å². The Morgan fingerprint density at radius 2 is 2.06 bits per heavy atom. The molecular formula is C12H18ClN3. The van der Waals surface area contributed by atoms with Gasteiger partial charge in [0.15, 0.2) is 0 Å². The molecule has 2 unspecified atom stereocenters. The third kappa shape index (κ3) is 2.64. The van der Waals surface area contributed by atoms with Crippen LogP contribution in [0, 0.1) is 13.8 Å². The molecular weight excluding hydrogens is 222 g/mol. The molecule has 1 saturated carbocycles. The number of alkyl halides is 1. The zero-order valence-corrected chi connectivity index (χ0v) is 10.6. The van der Waals surface area contributed by atoms with Crippen molar-refractivity contribution in [2.75, 3.05) is 5.32 Å². The number of nitrogens with one attached hydrogen (secondary N) is 1. The van der Waals surface area contributed by atoms with E-state index in [0.717, 1.165) is 30.0 Å². The van der Waals surface area contributed by atoms with Crippen molar-refractivity contribution in [2.45, 2.75) is 50.9 Å². The normalized spacial score (nSPS) is 25.4. The molecule has 1 aliphatic rings. The van der Waals surface area contributed by atoms with E-state index in [0.29, 0.717) is 6.04 Å². The molecule has 3 nitrogen and oxygen atoms in total. The van der Waals surface area contributed by atoms with Crippen LogP contribution in [0.1, 0.15) is 37.1 Å². The van der Waals surface area contributed by atoms with Gasteiger partial charge >= 0.3 is 0 Å². The highest BCUT2D eigenvalue weighted by Crippen LogP contribution is 2.26. The first-order chi connectivity index (χ1) is 7.66. The van der Waals surface area contributed by atoms with Gasteiger partial charge in [-0.25, -0.2) is 4.98 Å². The van der Waals surface area contributed by atoms with Crippen LogP contribution < -0.4 is 5.32 Å². The summed E-state index contributed by atoms with van der Waals surface area (Å²) in [6.45, 7) is 3.93. The minimum absolute atomic E-state index is 0.218. The van der Waals surface area contributed by atoms with Crippen LogP contribution in [0.25, 0.3) is 0 Å². The molecule has 1 fully saturated rings. The molecule has 1 aliphatic carbocycles. The Bertz CT molecular complexity index is 367. The summed E-state index contributed by atoms with van der Waals surface area (Å²) in [4.78, 5) is 8.77. The smallest absolute Gasteiger partial charge is 0.148 e. The quantitative estimate of drug-likeness (QED) is 0.807. The first kappa shape index (κ1) is 11.6. The Morgan fingerprint density at radius 3 is 2.81 bits per heavy atom. The lowest BCUT2D eigenvalue weighted by atomic mass is 9.95. The van der Waals surface area contributed by atoms with Gasteiger partial charge in [0.1, 0.15) is 5.82 Å². The monoisotopic (exact) mass is 239 g/mol. The summed E-state index contributed by atoms with van der Waals surface area (Å²) in [6, 6.07) is 0.338. The van der Waals surface area contributed by atoms with Gasteiger partial charge < -0.3 is 5.32 Å². The Labute approximate surface area is 102 Å². The van der Waals surface area contributed by atoms with Gasteiger partial charge in [0.2, 0.25) is 0 Å². The van der Waals surface area contributed by atoms with E-state index in [4.69, 9.17) is 11.6 Å². The van der Waals surface area contributed by atoms with Gasteiger partial charge in [0, 0.05) is 12.2 Å². The summed E-state index contributed by atoms with van der Waals surface area (Å²) < 4.78 is 0. The summed E-state index contributed by atoms with van der Waals surface area (Å²) in [5, 5.41) is 3.65. The van der Waals surface area contributed by atoms with Crippen molar-refractivity contribution >= 4 is 17.4 Å². The molecule has 16 heavy (non-hydrogen) atoms. The predicted molar refractivity (Wildman–Crippen MR) is 67.0 cm³/mol. The molecule has 1 aromatic heterocycles. The van der Waals surface area contributed by atoms with Crippen molar-refractivity contribution in [1.29, 1.82) is 0 Å². The first-order valence-corrected chi connectivity index (χ1v) is 6.31. The van der Waals surface area contributed by atoms with E-state index >= 15 is 0 Å². The largest absolute Gasteiger partial charge is 0.364 e. The Balaban J connectivity index is 2.10. The van der Waals surface area contributed by atoms with E-state index < -0.39 is 0 Å². The zero-order valence-electron chi connectivity index (χ0n) is 9.83. The highest BCUT2D eigenvalue weighted by molar-refractivity contribution is 6.21. The van der Waals surface area contributed by atoms with Crippen LogP contribution >= 0.6 is 11.6 Å². The molecule has 88 valence electrons. The number of hydrogen-bond donors (Lipinski definition) is 1. The summed E-state index contributed by atoms with van der Waals surface area (Å²) in [5.41, 5.74) is 1.88. The number of hydrogen-bond acceptors (Lipinski definition) is 3. The number of nitrogens with zero attached hydrogens (tertiary/aromatic N) is 2. The van der Waals surface area contributed by atoms with Gasteiger partial charge in [-0.2, -0.15) is 0 Å². The van der Waals surface area contributed by atoms with Crippen molar-refractivity contribution in [3.63, 3.8) is 0 Å². The highest BCUT2D eigenvalue weighted by atomic mass is 35.5. The number of rotatable bonds is 2. The molecule has 4 heteroatoms. The highest BCUT2D eigenvalue weighted by Gasteiger charge is 2.23. The average Bonchev–Trinajstić information content (AvgIpc) is 2.27. The molecule has 0 amide bonds. The van der Waals surface area contributed by atoms with Crippen molar-refractivity contribution in [3.8, 4) is 0 Å². The van der Waals surface area contributed by atoms with Crippen LogP contribution in [0.5, 0.6) is 0 Å². The third-order valence-corrected chi connectivity index (χ3v) is 3.60. The van der Waals surface area contributed by atoms with Crippen molar-refractivity contribution in [1.82, 2.24) is 9.97 Å². The molecule has 0 aromatic carbocycles. The second-order valence-corrected chi connectivity index (χ2v) is 5.06. The summed E-state index contributed by atoms with van der Waals surface area (Å²) >= 11 is 6.31. The van der Waals surface area contributed by atoms with Crippen LogP contribution in [-0.4, -0.2) is 21.4 Å². The van der Waals surface area contributed by atoms with Gasteiger partial charge in [-0.15, -0.1) is 11.6 Å². The van der Waals surface area contributed by atoms with Crippen LogP contribution in [0.15, 0.2) is 6.20 Å². The third-order valence-electron chi connectivity index (χ3n) is 3.08. The van der Waals surface area contributed by atoms with E-state index in [1.807, 2.05) is 13.8 Å². The van der Waals surface area contributed by atoms with E-state index in [2.05, 4.69) is 15.3 Å². The molecule has 2 atom stereocenters. The van der Waals surface area contributed by atoms with E-state index in [1.54, 1.807) is 6.20 Å². The maximum atomic E-state index is 6.31. The van der Waals surface area contributed by atoms with Crippen molar-refractivity contribution in [2.24, 2.45) is 0 Å². The van der Waals surface area contributed by atoms with Crippen molar-refractivity contribution < 1.29 is 0 Å². The molecule has 1 heterocycles. The second-order valence-electron chi connectivity index (χ2n) is 4.50. The second kappa shape index (κ2) is 5.00. The van der Waals surface area contributed by atoms with Gasteiger partial charge in [-0.1, -0.05) is 12.8 Å². The molecule has 0 bridgehead atoms. The van der Waals surface area contributed by atoms with Crippen LogP contribution in [0.4, 0.5) is 5.82 Å². The lowest BCUT2D eigenvalue weighted by Crippen LogP contribution is -2.33. The van der Waals surface area contributed by atoms with Crippen molar-refractivity contribution in [3.05, 3.63) is 17.6 Å². The maximum Gasteiger partial charge on any atom is 0.148 e. The molecule has 0 aliphatic heterocycles. The number of aryl methyl sites for hydroxylation is 2. The van der Waals surface area contributed by atoms with Gasteiger partial charge in [-0.05, 0) is 26.7 Å². The fourth-order valence-electron chi connectivity index (χ4n) is 2.10. The van der Waals surface area contributed by atoms with Crippen LogP contribution in [-0.2, 0) is 0 Å². The molecule has 2 rings (SSSR count). The summed E-state index contributed by atoms with van der Waals surface area (Å²) in [5.74, 6) is 0.887. The van der Waals surface area contributed by atoms with Gasteiger partial charge in [0.25, 0.3) is 0 Å². The van der Waals surface area contributed by atoms with Crippen LogP contribution in [0.2, 0.25) is 0 Å². The topological polar surface area (TPSA) is 37.8 Å². The lowest BCUT2D eigenvalue weighted by molar-refractivity contribution is 0.468. The molecule has 1 N–H and O–H groups in total. The minimum atomic E-state index is 0.218. The van der Waals surface area contributed by atoms with E-state index in [9.17, 15) is 0 Å². The SMILES string of the molecule is Cc1cnc(C)c(NC2CCCCC2Cl)n1. The molecule has 0 saturated heterocycles. The Kier molecular flexibility index (Phi) is 3.64. The average molecular weight is 240 g/mol. The Morgan fingerprint density at radius 1 is 1.31 bits per heavy atom. The first-order valence-electron chi connectivity index (χ1n) is 5.87. The predicted octanol–water partition coefficient (Wildman–Crippen LogP) is 3.06. The number of aromatic nitrogens is 2. The van der Waals surface area contributed by atoms with Gasteiger partial charge in [0.05, 0.1) is 16.8 Å². The summed E-state index contributed by atoms with van der Waals surface area (Å²) in [6.07, 6.45) is 6.50. The number of anilines is 1. The van der Waals surface area contributed by atoms with E-state index in [1.165, 1.54) is 12.8 Å². The standard InChI is InChI=1S/C12H18ClN3/c1-8-7-14-9(2)12(15-8)16-11-6-4-3-5-10(11)13/h7,10-11H,3-6H2,1-2H3,(H,15,16). The Hall–Kier alpha value is -0.830. The molecule has 0 spiro atoms. The molecule has 1 aromatic rings. The summed E-state index contributed by atoms with van der Waals surface area (Å²) in [7, 11) is 0. The van der Waals surface area contributed by atoms with E-state index in [-0.39, 0.29) is 5.38 Å². The fourth-order valence-corrected chi connectivity index (χ4v) is 2.44. The number of halogens is 1. The minimum Gasteiger partial charge on any atom is -0.364 e.